The Labute approximate surface area is 115 Å². The number of hydrogen-bond acceptors (Lipinski definition) is 5. The summed E-state index contributed by atoms with van der Waals surface area (Å²) in [6, 6.07) is 0. The van der Waals surface area contributed by atoms with E-state index in [1.807, 2.05) is 4.57 Å². The van der Waals surface area contributed by atoms with Crippen LogP contribution in [0.15, 0.2) is 11.1 Å². The Hall–Kier alpha value is -1.89. The number of aliphatic hydroxyl groups excluding tert-OH is 1. The van der Waals surface area contributed by atoms with Crippen LogP contribution in [0.3, 0.4) is 0 Å². The van der Waals surface area contributed by atoms with Crippen molar-refractivity contribution in [2.45, 2.75) is 26.8 Å². The number of aromatic nitrogens is 4. The van der Waals surface area contributed by atoms with E-state index in [0.29, 0.717) is 23.0 Å². The number of anilines is 1. The molecule has 1 fully saturated rings. The molecule has 2 heterocycles. The van der Waals surface area contributed by atoms with Gasteiger partial charge in [-0.1, -0.05) is 13.8 Å². The van der Waals surface area contributed by atoms with Crippen molar-refractivity contribution in [1.82, 2.24) is 19.5 Å². The van der Waals surface area contributed by atoms with E-state index in [1.165, 1.54) is 0 Å². The van der Waals surface area contributed by atoms with Crippen LogP contribution in [0.4, 0.5) is 5.95 Å². The maximum absolute atomic E-state index is 11.7. The molecule has 3 rings (SSSR count). The van der Waals surface area contributed by atoms with Crippen LogP contribution >= 0.6 is 0 Å². The quantitative estimate of drug-likeness (QED) is 0.750. The highest BCUT2D eigenvalue weighted by Gasteiger charge is 2.47. The Morgan fingerprint density at radius 2 is 2.30 bits per heavy atom. The first-order valence-corrected chi connectivity index (χ1v) is 6.75. The van der Waals surface area contributed by atoms with Crippen molar-refractivity contribution < 1.29 is 5.11 Å². The average Bonchev–Trinajstić information content (AvgIpc) is 2.77. The van der Waals surface area contributed by atoms with Crippen molar-refractivity contribution in [3.8, 4) is 0 Å². The Kier molecular flexibility index (Phi) is 2.82. The van der Waals surface area contributed by atoms with Crippen LogP contribution in [0.5, 0.6) is 0 Å². The lowest BCUT2D eigenvalue weighted by molar-refractivity contribution is -0.0591. The molecule has 2 unspecified atom stereocenters. The van der Waals surface area contributed by atoms with E-state index in [0.717, 1.165) is 13.0 Å². The smallest absolute Gasteiger partial charge is 0.280 e. The van der Waals surface area contributed by atoms with Crippen LogP contribution in [0.25, 0.3) is 11.2 Å². The van der Waals surface area contributed by atoms with Gasteiger partial charge in [0, 0.05) is 13.2 Å². The minimum Gasteiger partial charge on any atom is -0.396 e. The molecule has 0 amide bonds. The van der Waals surface area contributed by atoms with Gasteiger partial charge in [-0.15, -0.1) is 0 Å². The highest BCUT2D eigenvalue weighted by atomic mass is 16.3. The third-order valence-corrected chi connectivity index (χ3v) is 4.80. The van der Waals surface area contributed by atoms with Crippen LogP contribution in [0.2, 0.25) is 0 Å². The molecule has 0 saturated heterocycles. The van der Waals surface area contributed by atoms with Gasteiger partial charge < -0.3 is 15.4 Å². The number of nitrogens with zero attached hydrogens (tertiary/aromatic N) is 3. The number of nitrogens with one attached hydrogen (secondary N) is 1. The fraction of sp³-hybridized carbons (Fsp3) is 0.615. The second kappa shape index (κ2) is 4.31. The summed E-state index contributed by atoms with van der Waals surface area (Å²) in [7, 11) is 0. The third kappa shape index (κ3) is 1.81. The number of nitrogens with two attached hydrogens (primary N) is 1. The molecule has 7 heteroatoms. The van der Waals surface area contributed by atoms with Crippen molar-refractivity contribution >= 4 is 17.1 Å². The lowest BCUT2D eigenvalue weighted by Gasteiger charge is -2.51. The standard InChI is InChI=1S/C13H19N5O2/c1-13(2)7(3-8(13)5-19)4-18-6-15-9-10(18)16-12(14)17-11(9)20/h6-8,19H,3-5H2,1-2H3,(H3,14,16,17,20). The van der Waals surface area contributed by atoms with Crippen LogP contribution in [-0.2, 0) is 6.54 Å². The summed E-state index contributed by atoms with van der Waals surface area (Å²) in [5.41, 5.74) is 6.19. The predicted molar refractivity (Wildman–Crippen MR) is 75.0 cm³/mol. The largest absolute Gasteiger partial charge is 0.396 e. The molecule has 1 aliphatic rings. The Balaban J connectivity index is 1.91. The summed E-state index contributed by atoms with van der Waals surface area (Å²) in [5.74, 6) is 0.869. The van der Waals surface area contributed by atoms with Gasteiger partial charge in [-0.05, 0) is 23.7 Å². The molecule has 2 atom stereocenters. The van der Waals surface area contributed by atoms with E-state index >= 15 is 0 Å². The maximum atomic E-state index is 11.7. The Bertz CT molecular complexity index is 702. The first-order valence-electron chi connectivity index (χ1n) is 6.75. The van der Waals surface area contributed by atoms with E-state index in [2.05, 4.69) is 28.8 Å². The van der Waals surface area contributed by atoms with Crippen LogP contribution in [0, 0.1) is 17.3 Å². The number of fused-ring (bicyclic) bond motifs is 1. The molecular formula is C13H19N5O2. The van der Waals surface area contributed by atoms with E-state index < -0.39 is 0 Å². The fourth-order valence-electron chi connectivity index (χ4n) is 3.09. The monoisotopic (exact) mass is 277 g/mol. The summed E-state index contributed by atoms with van der Waals surface area (Å²) in [6.45, 7) is 5.28. The van der Waals surface area contributed by atoms with Crippen LogP contribution in [-0.4, -0.2) is 31.2 Å². The van der Waals surface area contributed by atoms with Gasteiger partial charge in [0.15, 0.2) is 11.2 Å². The first kappa shape index (κ1) is 13.1. The highest BCUT2D eigenvalue weighted by Crippen LogP contribution is 2.51. The maximum Gasteiger partial charge on any atom is 0.280 e. The number of nitrogen functional groups attached to an aromatic ring is 1. The zero-order valence-corrected chi connectivity index (χ0v) is 11.6. The van der Waals surface area contributed by atoms with Gasteiger partial charge in [0.2, 0.25) is 5.95 Å². The topological polar surface area (TPSA) is 110 Å². The number of aliphatic hydroxyl groups is 1. The zero-order chi connectivity index (χ0) is 14.5. The molecule has 0 bridgehead atoms. The summed E-state index contributed by atoms with van der Waals surface area (Å²) in [6.07, 6.45) is 2.61. The van der Waals surface area contributed by atoms with Gasteiger partial charge in [-0.2, -0.15) is 4.98 Å². The van der Waals surface area contributed by atoms with Crippen molar-refractivity contribution in [3.05, 3.63) is 16.7 Å². The van der Waals surface area contributed by atoms with Gasteiger partial charge in [0.25, 0.3) is 5.56 Å². The van der Waals surface area contributed by atoms with Crippen LogP contribution in [0.1, 0.15) is 20.3 Å². The highest BCUT2D eigenvalue weighted by molar-refractivity contribution is 5.70. The molecule has 1 saturated carbocycles. The number of rotatable bonds is 3. The van der Waals surface area contributed by atoms with E-state index in [9.17, 15) is 9.90 Å². The normalized spacial score (nSPS) is 24.8. The third-order valence-electron chi connectivity index (χ3n) is 4.80. The molecule has 0 radical (unpaired) electrons. The molecule has 7 nitrogen and oxygen atoms in total. The zero-order valence-electron chi connectivity index (χ0n) is 11.6. The molecule has 1 aliphatic carbocycles. The van der Waals surface area contributed by atoms with Gasteiger partial charge in [-0.3, -0.25) is 9.78 Å². The second-order valence-electron chi connectivity index (χ2n) is 6.15. The summed E-state index contributed by atoms with van der Waals surface area (Å²) < 4.78 is 1.88. The number of imidazole rings is 1. The summed E-state index contributed by atoms with van der Waals surface area (Å²) >= 11 is 0. The van der Waals surface area contributed by atoms with Crippen molar-refractivity contribution in [2.24, 2.45) is 17.3 Å². The minimum atomic E-state index is -0.313. The molecule has 20 heavy (non-hydrogen) atoms. The molecule has 4 N–H and O–H groups in total. The summed E-state index contributed by atoms with van der Waals surface area (Å²) in [4.78, 5) is 22.4. The number of H-pyrrole nitrogens is 1. The van der Waals surface area contributed by atoms with Crippen molar-refractivity contribution in [1.29, 1.82) is 0 Å². The SMILES string of the molecule is CC1(C)C(CO)CC1Cn1cnc2c(=O)[nH]c(N)nc21. The molecule has 0 aromatic carbocycles. The average molecular weight is 277 g/mol. The Morgan fingerprint density at radius 3 is 2.95 bits per heavy atom. The van der Waals surface area contributed by atoms with Crippen LogP contribution < -0.4 is 11.3 Å². The number of aromatic amines is 1. The predicted octanol–water partition coefficient (Wildman–Crippen LogP) is 0.356. The van der Waals surface area contributed by atoms with Crippen molar-refractivity contribution in [2.75, 3.05) is 12.3 Å². The van der Waals surface area contributed by atoms with Gasteiger partial charge in [-0.25, -0.2) is 4.98 Å². The molecule has 0 spiro atoms. The van der Waals surface area contributed by atoms with Gasteiger partial charge in [0.05, 0.1) is 6.33 Å². The fourth-order valence-corrected chi connectivity index (χ4v) is 3.09. The minimum absolute atomic E-state index is 0.0814. The van der Waals surface area contributed by atoms with E-state index in [1.54, 1.807) is 6.33 Å². The van der Waals surface area contributed by atoms with Gasteiger partial charge in [0.1, 0.15) is 0 Å². The number of hydrogen-bond donors (Lipinski definition) is 3. The Morgan fingerprint density at radius 1 is 1.55 bits per heavy atom. The molecule has 2 aromatic heterocycles. The molecular weight excluding hydrogens is 258 g/mol. The summed E-state index contributed by atoms with van der Waals surface area (Å²) in [5, 5.41) is 9.32. The lowest BCUT2D eigenvalue weighted by atomic mass is 9.55. The van der Waals surface area contributed by atoms with Crippen molar-refractivity contribution in [3.63, 3.8) is 0 Å². The lowest BCUT2D eigenvalue weighted by Crippen LogP contribution is -2.48. The molecule has 2 aromatic rings. The van der Waals surface area contributed by atoms with E-state index in [-0.39, 0.29) is 23.5 Å². The molecule has 0 aliphatic heterocycles. The first-order chi connectivity index (χ1) is 9.43. The second-order valence-corrected chi connectivity index (χ2v) is 6.15. The molecule has 108 valence electrons. The van der Waals surface area contributed by atoms with Gasteiger partial charge >= 0.3 is 0 Å². The van der Waals surface area contributed by atoms with E-state index in [4.69, 9.17) is 5.73 Å².